The highest BCUT2D eigenvalue weighted by Crippen LogP contribution is 2.22. The van der Waals surface area contributed by atoms with Crippen LogP contribution in [-0.4, -0.2) is 42.6 Å². The summed E-state index contributed by atoms with van der Waals surface area (Å²) in [5, 5.41) is 10.2. The fourth-order valence-electron chi connectivity index (χ4n) is 3.11. The predicted octanol–water partition coefficient (Wildman–Crippen LogP) is 3.95. The Kier molecular flexibility index (Phi) is 7.30. The van der Waals surface area contributed by atoms with Gasteiger partial charge < -0.3 is 0 Å². The van der Waals surface area contributed by atoms with E-state index in [-0.39, 0.29) is 9.20 Å². The summed E-state index contributed by atoms with van der Waals surface area (Å²) in [5.41, 5.74) is 1.19. The maximum absolute atomic E-state index is 12.9. The lowest BCUT2D eigenvalue weighted by Gasteiger charge is -2.21. The van der Waals surface area contributed by atoms with Gasteiger partial charge in [-0.25, -0.2) is 8.42 Å². The van der Waals surface area contributed by atoms with Gasteiger partial charge in [0.15, 0.2) is 0 Å². The molecule has 0 saturated carbocycles. The molecule has 1 saturated heterocycles. The fraction of sp³-hybridized carbons (Fsp3) is 0.273. The molecule has 162 valence electrons. The standard InChI is InChI=1S/C22H24N4O4S/c1-18(27)26(22(28)15-10-19-8-4-2-5-9-19)31(29,30)21-13-11-20(12-14-21)23-24-25-16-6-3-7-17-25/h2,4-5,8-15H,3,6-7,16-17H2,1H3. The third-order valence-electron chi connectivity index (χ3n) is 4.70. The van der Waals surface area contributed by atoms with Gasteiger partial charge >= 0.3 is 0 Å². The molecule has 0 radical (unpaired) electrons. The van der Waals surface area contributed by atoms with Crippen molar-refractivity contribution in [3.63, 3.8) is 0 Å². The number of sulfonamides is 1. The molecule has 2 aromatic carbocycles. The second-order valence-corrected chi connectivity index (χ2v) is 8.86. The topological polar surface area (TPSA) is 99.5 Å². The highest BCUT2D eigenvalue weighted by molar-refractivity contribution is 7.90. The van der Waals surface area contributed by atoms with Crippen molar-refractivity contribution in [1.29, 1.82) is 0 Å². The van der Waals surface area contributed by atoms with E-state index in [0.29, 0.717) is 11.3 Å². The molecule has 0 aliphatic carbocycles. The summed E-state index contributed by atoms with van der Waals surface area (Å²) in [6, 6.07) is 14.5. The van der Waals surface area contributed by atoms with Crippen LogP contribution in [0.25, 0.3) is 6.08 Å². The summed E-state index contributed by atoms with van der Waals surface area (Å²) < 4.78 is 26.1. The van der Waals surface area contributed by atoms with Crippen LogP contribution in [0.5, 0.6) is 0 Å². The molecule has 0 atom stereocenters. The number of rotatable bonds is 6. The maximum atomic E-state index is 12.9. The van der Waals surface area contributed by atoms with Crippen molar-refractivity contribution in [1.82, 2.24) is 9.31 Å². The molecule has 0 aromatic heterocycles. The highest BCUT2D eigenvalue weighted by atomic mass is 32.2. The molecule has 9 heteroatoms. The molecule has 2 aromatic rings. The SMILES string of the molecule is CC(=O)N(C(=O)C=Cc1ccccc1)S(=O)(=O)c1ccc(N=NN2CCCCC2)cc1. The van der Waals surface area contributed by atoms with Crippen molar-refractivity contribution < 1.29 is 18.0 Å². The second-order valence-electron chi connectivity index (χ2n) is 7.07. The van der Waals surface area contributed by atoms with E-state index >= 15 is 0 Å². The van der Waals surface area contributed by atoms with E-state index in [0.717, 1.165) is 38.9 Å². The van der Waals surface area contributed by atoms with Gasteiger partial charge in [-0.3, -0.25) is 14.6 Å². The summed E-state index contributed by atoms with van der Waals surface area (Å²) in [7, 11) is -4.36. The monoisotopic (exact) mass is 440 g/mol. The van der Waals surface area contributed by atoms with Crippen LogP contribution in [0.15, 0.2) is 75.9 Å². The lowest BCUT2D eigenvalue weighted by Crippen LogP contribution is -2.39. The Morgan fingerprint density at radius 3 is 2.23 bits per heavy atom. The highest BCUT2D eigenvalue weighted by Gasteiger charge is 2.31. The smallest absolute Gasteiger partial charge is 0.273 e. The van der Waals surface area contributed by atoms with E-state index in [2.05, 4.69) is 10.3 Å². The Labute approximate surface area is 181 Å². The van der Waals surface area contributed by atoms with Gasteiger partial charge in [-0.2, -0.15) is 4.31 Å². The number of carbonyl (C=O) groups is 2. The average molecular weight is 441 g/mol. The molecule has 0 bridgehead atoms. The van der Waals surface area contributed by atoms with E-state index in [1.807, 2.05) is 11.1 Å². The fourth-order valence-corrected chi connectivity index (χ4v) is 4.44. The maximum Gasteiger partial charge on any atom is 0.273 e. The number of piperidine rings is 1. The summed E-state index contributed by atoms with van der Waals surface area (Å²) in [6.45, 7) is 2.73. The van der Waals surface area contributed by atoms with Crippen LogP contribution in [0.1, 0.15) is 31.7 Å². The zero-order valence-corrected chi connectivity index (χ0v) is 18.0. The van der Waals surface area contributed by atoms with Gasteiger partial charge in [0.1, 0.15) is 0 Å². The number of nitrogens with zero attached hydrogens (tertiary/aromatic N) is 4. The summed E-state index contributed by atoms with van der Waals surface area (Å²) in [4.78, 5) is 24.4. The molecule has 0 unspecified atom stereocenters. The summed E-state index contributed by atoms with van der Waals surface area (Å²) in [6.07, 6.45) is 5.85. The van der Waals surface area contributed by atoms with Crippen LogP contribution in [0.2, 0.25) is 0 Å². The van der Waals surface area contributed by atoms with Crippen LogP contribution >= 0.6 is 0 Å². The van der Waals surface area contributed by atoms with Crippen molar-refractivity contribution in [3.8, 4) is 0 Å². The number of imide groups is 1. The Bertz CT molecular complexity index is 1070. The molecular weight excluding hydrogens is 416 g/mol. The minimum atomic E-state index is -4.36. The van der Waals surface area contributed by atoms with Gasteiger partial charge in [0.25, 0.3) is 15.9 Å². The van der Waals surface area contributed by atoms with Crippen LogP contribution in [0.4, 0.5) is 5.69 Å². The number of benzene rings is 2. The molecule has 1 aliphatic heterocycles. The van der Waals surface area contributed by atoms with Crippen molar-refractivity contribution in [2.75, 3.05) is 13.1 Å². The van der Waals surface area contributed by atoms with Crippen molar-refractivity contribution in [2.24, 2.45) is 10.3 Å². The van der Waals surface area contributed by atoms with Gasteiger partial charge in [-0.15, -0.1) is 5.11 Å². The molecule has 8 nitrogen and oxygen atoms in total. The number of carbonyl (C=O) groups excluding carboxylic acids is 2. The minimum absolute atomic E-state index is 0.180. The molecule has 1 fully saturated rings. The van der Waals surface area contributed by atoms with Crippen LogP contribution in [0, 0.1) is 0 Å². The zero-order valence-electron chi connectivity index (χ0n) is 17.2. The van der Waals surface area contributed by atoms with Gasteiger partial charge in [0.2, 0.25) is 5.91 Å². The van der Waals surface area contributed by atoms with Crippen molar-refractivity contribution in [2.45, 2.75) is 31.1 Å². The van der Waals surface area contributed by atoms with E-state index in [1.165, 1.54) is 36.8 Å². The Morgan fingerprint density at radius 2 is 1.61 bits per heavy atom. The van der Waals surface area contributed by atoms with Gasteiger partial charge in [-0.1, -0.05) is 35.6 Å². The molecule has 2 amide bonds. The first kappa shape index (κ1) is 22.4. The molecule has 3 rings (SSSR count). The largest absolute Gasteiger partial charge is 0.278 e. The quantitative estimate of drug-likeness (QED) is 0.500. The van der Waals surface area contributed by atoms with Gasteiger partial charge in [0.05, 0.1) is 10.6 Å². The molecule has 0 spiro atoms. The molecule has 0 N–H and O–H groups in total. The Morgan fingerprint density at radius 1 is 0.968 bits per heavy atom. The first-order chi connectivity index (χ1) is 14.9. The summed E-state index contributed by atoms with van der Waals surface area (Å²) in [5.74, 6) is -1.83. The van der Waals surface area contributed by atoms with E-state index in [4.69, 9.17) is 0 Å². The lowest BCUT2D eigenvalue weighted by molar-refractivity contribution is -0.134. The third-order valence-corrected chi connectivity index (χ3v) is 6.48. The first-order valence-corrected chi connectivity index (χ1v) is 11.4. The van der Waals surface area contributed by atoms with Crippen molar-refractivity contribution in [3.05, 3.63) is 66.2 Å². The average Bonchev–Trinajstić information content (AvgIpc) is 2.77. The van der Waals surface area contributed by atoms with Gasteiger partial charge in [0, 0.05) is 26.1 Å². The van der Waals surface area contributed by atoms with E-state index in [9.17, 15) is 18.0 Å². The van der Waals surface area contributed by atoms with Gasteiger partial charge in [-0.05, 0) is 55.2 Å². The molecule has 1 aliphatic rings. The van der Waals surface area contributed by atoms with Crippen molar-refractivity contribution >= 4 is 33.6 Å². The second kappa shape index (κ2) is 10.1. The number of amides is 2. The molecule has 1 heterocycles. The van der Waals surface area contributed by atoms with Crippen LogP contribution in [0.3, 0.4) is 0 Å². The third kappa shape index (κ3) is 5.85. The lowest BCUT2D eigenvalue weighted by atomic mass is 10.2. The first-order valence-electron chi connectivity index (χ1n) is 9.97. The Balaban J connectivity index is 1.77. The molecule has 31 heavy (non-hydrogen) atoms. The van der Waals surface area contributed by atoms with E-state index < -0.39 is 21.8 Å². The summed E-state index contributed by atoms with van der Waals surface area (Å²) >= 11 is 0. The van der Waals surface area contributed by atoms with Crippen LogP contribution < -0.4 is 0 Å². The normalized spacial score (nSPS) is 14.8. The number of hydrogen-bond acceptors (Lipinski definition) is 6. The Hall–Kier alpha value is -3.33. The van der Waals surface area contributed by atoms with Crippen LogP contribution in [-0.2, 0) is 19.6 Å². The minimum Gasteiger partial charge on any atom is -0.278 e. The molecular formula is C22H24N4O4S. The zero-order chi connectivity index (χ0) is 22.3. The number of hydrogen-bond donors (Lipinski definition) is 0. The predicted molar refractivity (Wildman–Crippen MR) is 117 cm³/mol. The van der Waals surface area contributed by atoms with E-state index in [1.54, 1.807) is 24.3 Å².